The lowest BCUT2D eigenvalue weighted by molar-refractivity contribution is 0.173. The normalized spacial score (nSPS) is 18.7. The number of nitrogens with zero attached hydrogens (tertiary/aromatic N) is 2. The fourth-order valence-corrected chi connectivity index (χ4v) is 5.85. The standard InChI is InChI=1S/C29H30N2/c1-21-11-16-27-26(19-21)25-9-5-10-28-29(25)31(27)18-6-17-30(28)20-22-12-14-24(15-13-22)23-7-3-2-4-8-23/h2-4,7-8,11-16,19,28H,5-6,9-10,17-18,20H2,1H3/t28-/m0/s1. The topological polar surface area (TPSA) is 8.17 Å². The summed E-state index contributed by atoms with van der Waals surface area (Å²) in [4.78, 5) is 2.75. The third-order valence-corrected chi connectivity index (χ3v) is 7.30. The average Bonchev–Trinajstić information content (AvgIpc) is 3.00. The molecule has 1 aliphatic heterocycles. The molecule has 0 spiro atoms. The Hall–Kier alpha value is -2.84. The third-order valence-electron chi connectivity index (χ3n) is 7.30. The van der Waals surface area contributed by atoms with Gasteiger partial charge in [-0.25, -0.2) is 0 Å². The summed E-state index contributed by atoms with van der Waals surface area (Å²) in [6, 6.07) is 27.5. The Bertz CT molecular complexity index is 1210. The fraction of sp³-hybridized carbons (Fsp3) is 0.310. The first-order valence-electron chi connectivity index (χ1n) is 11.8. The van der Waals surface area contributed by atoms with Crippen molar-refractivity contribution in [3.8, 4) is 11.1 Å². The largest absolute Gasteiger partial charge is 0.343 e. The van der Waals surface area contributed by atoms with Crippen LogP contribution in [0, 0.1) is 6.92 Å². The lowest BCUT2D eigenvalue weighted by atomic mass is 9.90. The number of benzene rings is 3. The summed E-state index contributed by atoms with van der Waals surface area (Å²) in [5, 5.41) is 1.51. The highest BCUT2D eigenvalue weighted by Crippen LogP contribution is 2.42. The lowest BCUT2D eigenvalue weighted by Crippen LogP contribution is -2.31. The minimum Gasteiger partial charge on any atom is -0.343 e. The number of rotatable bonds is 3. The first-order valence-corrected chi connectivity index (χ1v) is 11.8. The summed E-state index contributed by atoms with van der Waals surface area (Å²) in [6.45, 7) is 5.59. The smallest absolute Gasteiger partial charge is 0.0507 e. The Morgan fingerprint density at radius 1 is 0.839 bits per heavy atom. The van der Waals surface area contributed by atoms with Crippen molar-refractivity contribution in [3.05, 3.63) is 95.2 Å². The molecule has 2 heteroatoms. The van der Waals surface area contributed by atoms with Crippen molar-refractivity contribution in [2.45, 2.75) is 51.7 Å². The molecule has 4 aromatic rings. The molecule has 0 N–H and O–H groups in total. The zero-order valence-electron chi connectivity index (χ0n) is 18.3. The third kappa shape index (κ3) is 3.30. The number of fused-ring (bicyclic) bond motifs is 3. The van der Waals surface area contributed by atoms with Crippen molar-refractivity contribution in [1.82, 2.24) is 9.47 Å². The van der Waals surface area contributed by atoms with E-state index in [1.165, 1.54) is 65.4 Å². The van der Waals surface area contributed by atoms with E-state index in [0.717, 1.165) is 13.1 Å². The van der Waals surface area contributed by atoms with E-state index >= 15 is 0 Å². The van der Waals surface area contributed by atoms with E-state index in [1.54, 1.807) is 11.3 Å². The van der Waals surface area contributed by atoms with E-state index in [-0.39, 0.29) is 0 Å². The van der Waals surface area contributed by atoms with Crippen LogP contribution in [0.5, 0.6) is 0 Å². The molecule has 2 heterocycles. The summed E-state index contributed by atoms with van der Waals surface area (Å²) in [7, 11) is 0. The van der Waals surface area contributed by atoms with Crippen LogP contribution in [0.2, 0.25) is 0 Å². The van der Waals surface area contributed by atoms with Crippen molar-refractivity contribution in [1.29, 1.82) is 0 Å². The van der Waals surface area contributed by atoms with E-state index in [0.29, 0.717) is 6.04 Å². The minimum atomic E-state index is 0.549. The van der Waals surface area contributed by atoms with Crippen LogP contribution in [0.3, 0.4) is 0 Å². The van der Waals surface area contributed by atoms with Crippen LogP contribution in [-0.4, -0.2) is 16.0 Å². The van der Waals surface area contributed by atoms with Crippen LogP contribution >= 0.6 is 0 Å². The Labute approximate surface area is 185 Å². The van der Waals surface area contributed by atoms with E-state index < -0.39 is 0 Å². The van der Waals surface area contributed by atoms with Gasteiger partial charge < -0.3 is 4.57 Å². The molecule has 1 atom stereocenters. The fourth-order valence-electron chi connectivity index (χ4n) is 5.85. The van der Waals surface area contributed by atoms with Gasteiger partial charge in [-0.05, 0) is 67.0 Å². The number of aromatic nitrogens is 1. The Kier molecular flexibility index (Phi) is 4.69. The zero-order chi connectivity index (χ0) is 20.8. The summed E-state index contributed by atoms with van der Waals surface area (Å²) >= 11 is 0. The van der Waals surface area contributed by atoms with E-state index in [2.05, 4.69) is 89.2 Å². The molecule has 0 saturated carbocycles. The van der Waals surface area contributed by atoms with Gasteiger partial charge in [0, 0.05) is 36.2 Å². The average molecular weight is 407 g/mol. The van der Waals surface area contributed by atoms with Gasteiger partial charge in [0.2, 0.25) is 0 Å². The lowest BCUT2D eigenvalue weighted by Gasteiger charge is -2.33. The molecular formula is C29H30N2. The highest BCUT2D eigenvalue weighted by Gasteiger charge is 2.33. The van der Waals surface area contributed by atoms with Crippen molar-refractivity contribution in [2.24, 2.45) is 0 Å². The number of hydrogen-bond acceptors (Lipinski definition) is 1. The molecule has 0 saturated heterocycles. The highest BCUT2D eigenvalue weighted by molar-refractivity contribution is 5.87. The van der Waals surface area contributed by atoms with Crippen LogP contribution in [0.1, 0.15) is 47.7 Å². The van der Waals surface area contributed by atoms with Crippen molar-refractivity contribution >= 4 is 10.9 Å². The van der Waals surface area contributed by atoms with Crippen LogP contribution < -0.4 is 0 Å². The molecule has 0 unspecified atom stereocenters. The predicted octanol–water partition coefficient (Wildman–Crippen LogP) is 6.90. The first kappa shape index (κ1) is 18.9. The maximum absolute atomic E-state index is 2.75. The maximum atomic E-state index is 2.75. The summed E-state index contributed by atoms with van der Waals surface area (Å²) in [5.41, 5.74) is 10.1. The van der Waals surface area contributed by atoms with Gasteiger partial charge in [-0.2, -0.15) is 0 Å². The molecule has 0 fully saturated rings. The first-order chi connectivity index (χ1) is 15.3. The molecule has 0 bridgehead atoms. The molecular weight excluding hydrogens is 376 g/mol. The molecule has 1 aromatic heterocycles. The highest BCUT2D eigenvalue weighted by atomic mass is 15.2. The molecule has 6 rings (SSSR count). The Morgan fingerprint density at radius 2 is 1.65 bits per heavy atom. The van der Waals surface area contributed by atoms with Gasteiger partial charge in [-0.1, -0.05) is 66.2 Å². The van der Waals surface area contributed by atoms with Gasteiger partial charge in [-0.15, -0.1) is 0 Å². The molecule has 31 heavy (non-hydrogen) atoms. The van der Waals surface area contributed by atoms with Crippen molar-refractivity contribution < 1.29 is 0 Å². The molecule has 156 valence electrons. The van der Waals surface area contributed by atoms with Crippen molar-refractivity contribution in [2.75, 3.05) is 6.54 Å². The van der Waals surface area contributed by atoms with Crippen molar-refractivity contribution in [3.63, 3.8) is 0 Å². The van der Waals surface area contributed by atoms with E-state index in [4.69, 9.17) is 0 Å². The van der Waals surface area contributed by atoms with Gasteiger partial charge in [0.15, 0.2) is 0 Å². The second-order valence-corrected chi connectivity index (χ2v) is 9.33. The summed E-state index contributed by atoms with van der Waals surface area (Å²) < 4.78 is 2.66. The van der Waals surface area contributed by atoms with Crippen LogP contribution in [0.15, 0.2) is 72.8 Å². The van der Waals surface area contributed by atoms with Gasteiger partial charge in [-0.3, -0.25) is 4.90 Å². The Morgan fingerprint density at radius 3 is 2.48 bits per heavy atom. The SMILES string of the molecule is Cc1ccc2c(c1)c1c3n2CCCN(Cc2ccc(-c4ccccc4)cc2)[C@H]3CCC1. The quantitative estimate of drug-likeness (QED) is 0.359. The second kappa shape index (κ2) is 7.69. The van der Waals surface area contributed by atoms with Gasteiger partial charge >= 0.3 is 0 Å². The molecule has 0 radical (unpaired) electrons. The van der Waals surface area contributed by atoms with Gasteiger partial charge in [0.1, 0.15) is 0 Å². The van der Waals surface area contributed by atoms with Crippen LogP contribution in [-0.2, 0) is 19.5 Å². The van der Waals surface area contributed by atoms with Gasteiger partial charge in [0.05, 0.1) is 6.04 Å². The molecule has 0 amide bonds. The number of aryl methyl sites for hydroxylation is 3. The van der Waals surface area contributed by atoms with Crippen LogP contribution in [0.4, 0.5) is 0 Å². The molecule has 2 nitrogen and oxygen atoms in total. The summed E-state index contributed by atoms with van der Waals surface area (Å²) in [5.74, 6) is 0. The molecule has 1 aliphatic carbocycles. The van der Waals surface area contributed by atoms with Gasteiger partial charge in [0.25, 0.3) is 0 Å². The second-order valence-electron chi connectivity index (χ2n) is 9.33. The molecule has 2 aliphatic rings. The van der Waals surface area contributed by atoms with E-state index in [9.17, 15) is 0 Å². The monoisotopic (exact) mass is 406 g/mol. The Balaban J connectivity index is 1.33. The summed E-state index contributed by atoms with van der Waals surface area (Å²) in [6.07, 6.45) is 5.04. The molecule has 3 aromatic carbocycles. The minimum absolute atomic E-state index is 0.549. The zero-order valence-corrected chi connectivity index (χ0v) is 18.3. The van der Waals surface area contributed by atoms with E-state index in [1.807, 2.05) is 0 Å². The maximum Gasteiger partial charge on any atom is 0.0507 e. The van der Waals surface area contributed by atoms with Crippen LogP contribution in [0.25, 0.3) is 22.0 Å². The number of hydrogen-bond donors (Lipinski definition) is 0. The predicted molar refractivity (Wildman–Crippen MR) is 129 cm³/mol.